The molecule has 0 bridgehead atoms. The molecular formula is C14H17ClIN3O2. The van der Waals surface area contributed by atoms with E-state index < -0.39 is 5.91 Å². The van der Waals surface area contributed by atoms with Gasteiger partial charge in [-0.05, 0) is 66.7 Å². The monoisotopic (exact) mass is 421 g/mol. The first-order valence-electron chi connectivity index (χ1n) is 6.74. The summed E-state index contributed by atoms with van der Waals surface area (Å²) in [5.41, 5.74) is 5.78. The van der Waals surface area contributed by atoms with Gasteiger partial charge in [-0.2, -0.15) is 0 Å². The first-order valence-corrected chi connectivity index (χ1v) is 8.19. The number of piperidine rings is 1. The van der Waals surface area contributed by atoms with Crippen LogP contribution in [0.1, 0.15) is 23.2 Å². The lowest BCUT2D eigenvalue weighted by atomic mass is 10.0. The molecule has 0 aliphatic carbocycles. The molecule has 0 atom stereocenters. The Morgan fingerprint density at radius 2 is 2.05 bits per heavy atom. The van der Waals surface area contributed by atoms with Gasteiger partial charge in [0.1, 0.15) is 0 Å². The first kappa shape index (κ1) is 16.5. The van der Waals surface area contributed by atoms with Crippen molar-refractivity contribution < 1.29 is 9.59 Å². The molecule has 0 radical (unpaired) electrons. The molecule has 1 saturated heterocycles. The number of carbonyl (C=O) groups excluding carboxylic acids is 2. The molecule has 1 aromatic rings. The summed E-state index contributed by atoms with van der Waals surface area (Å²) in [7, 11) is 0. The number of nitrogens with zero attached hydrogens (tertiary/aromatic N) is 1. The Morgan fingerprint density at radius 1 is 1.38 bits per heavy atom. The molecule has 1 aromatic carbocycles. The number of primary amides is 1. The van der Waals surface area contributed by atoms with Gasteiger partial charge in [-0.3, -0.25) is 9.59 Å². The summed E-state index contributed by atoms with van der Waals surface area (Å²) in [6.45, 7) is 1.61. The SMILES string of the molecule is NC(=O)CN(C(=O)c1ccc(I)c(Cl)c1)C1CCNCC1. The van der Waals surface area contributed by atoms with Gasteiger partial charge in [-0.25, -0.2) is 0 Å². The zero-order chi connectivity index (χ0) is 15.4. The molecule has 2 rings (SSSR count). The minimum Gasteiger partial charge on any atom is -0.368 e. The number of nitrogens with one attached hydrogen (secondary N) is 1. The van der Waals surface area contributed by atoms with Crippen molar-refractivity contribution in [3.05, 3.63) is 32.4 Å². The van der Waals surface area contributed by atoms with Crippen LogP contribution in [-0.2, 0) is 4.79 Å². The summed E-state index contributed by atoms with van der Waals surface area (Å²) in [5, 5.41) is 3.78. The van der Waals surface area contributed by atoms with Crippen LogP contribution in [0, 0.1) is 3.57 Å². The van der Waals surface area contributed by atoms with E-state index in [0.717, 1.165) is 29.5 Å². The highest BCUT2D eigenvalue weighted by atomic mass is 127. The van der Waals surface area contributed by atoms with E-state index in [9.17, 15) is 9.59 Å². The standard InChI is InChI=1S/C14H17ClIN3O2/c15-11-7-9(1-2-12(11)16)14(21)19(8-13(17)20)10-3-5-18-6-4-10/h1-2,7,10,18H,3-6,8H2,(H2,17,20). The lowest BCUT2D eigenvalue weighted by Crippen LogP contribution is -2.49. The molecule has 5 nitrogen and oxygen atoms in total. The molecular weight excluding hydrogens is 405 g/mol. The van der Waals surface area contributed by atoms with Gasteiger partial charge in [0.25, 0.3) is 5.91 Å². The average Bonchev–Trinajstić information content (AvgIpc) is 2.47. The zero-order valence-corrected chi connectivity index (χ0v) is 14.4. The number of halogens is 2. The predicted molar refractivity (Wildman–Crippen MR) is 90.3 cm³/mol. The number of hydrogen-bond donors (Lipinski definition) is 2. The molecule has 1 aliphatic rings. The Bertz CT molecular complexity index is 547. The molecule has 0 saturated carbocycles. The Morgan fingerprint density at radius 3 is 2.62 bits per heavy atom. The second-order valence-electron chi connectivity index (χ2n) is 5.01. The third-order valence-electron chi connectivity index (χ3n) is 3.50. The molecule has 1 fully saturated rings. The summed E-state index contributed by atoms with van der Waals surface area (Å²) in [4.78, 5) is 25.5. The summed E-state index contributed by atoms with van der Waals surface area (Å²) in [6, 6.07) is 5.19. The van der Waals surface area contributed by atoms with Gasteiger partial charge in [0.15, 0.2) is 0 Å². The van der Waals surface area contributed by atoms with Crippen LogP contribution < -0.4 is 11.1 Å². The Balaban J connectivity index is 2.23. The number of nitrogens with two attached hydrogens (primary N) is 1. The fourth-order valence-corrected chi connectivity index (χ4v) is 2.96. The van der Waals surface area contributed by atoms with E-state index in [1.54, 1.807) is 23.1 Å². The molecule has 1 heterocycles. The van der Waals surface area contributed by atoms with Gasteiger partial charge in [-0.15, -0.1) is 0 Å². The van der Waals surface area contributed by atoms with Gasteiger partial charge < -0.3 is 16.0 Å². The number of benzene rings is 1. The maximum absolute atomic E-state index is 12.7. The second-order valence-corrected chi connectivity index (χ2v) is 6.58. The Labute approximate surface area is 142 Å². The van der Waals surface area contributed by atoms with Crippen molar-refractivity contribution in [1.82, 2.24) is 10.2 Å². The quantitative estimate of drug-likeness (QED) is 0.726. The van der Waals surface area contributed by atoms with E-state index in [1.807, 2.05) is 0 Å². The first-order chi connectivity index (χ1) is 9.99. The van der Waals surface area contributed by atoms with Crippen molar-refractivity contribution in [1.29, 1.82) is 0 Å². The van der Waals surface area contributed by atoms with Crippen molar-refractivity contribution in [2.75, 3.05) is 19.6 Å². The van der Waals surface area contributed by atoms with E-state index >= 15 is 0 Å². The molecule has 114 valence electrons. The lowest BCUT2D eigenvalue weighted by molar-refractivity contribution is -0.119. The number of rotatable bonds is 4. The zero-order valence-electron chi connectivity index (χ0n) is 11.4. The van der Waals surface area contributed by atoms with Gasteiger partial charge in [0.2, 0.25) is 5.91 Å². The molecule has 0 unspecified atom stereocenters. The van der Waals surface area contributed by atoms with Gasteiger partial charge in [-0.1, -0.05) is 11.6 Å². The van der Waals surface area contributed by atoms with Crippen molar-refractivity contribution in [2.24, 2.45) is 5.73 Å². The average molecular weight is 422 g/mol. The van der Waals surface area contributed by atoms with Crippen molar-refractivity contribution in [3.63, 3.8) is 0 Å². The largest absolute Gasteiger partial charge is 0.368 e. The molecule has 2 amide bonds. The maximum atomic E-state index is 12.7. The van der Waals surface area contributed by atoms with E-state index in [2.05, 4.69) is 27.9 Å². The van der Waals surface area contributed by atoms with E-state index in [4.69, 9.17) is 17.3 Å². The third kappa shape index (κ3) is 4.31. The number of carbonyl (C=O) groups is 2. The number of hydrogen-bond acceptors (Lipinski definition) is 3. The molecule has 3 N–H and O–H groups in total. The molecule has 7 heteroatoms. The molecule has 0 spiro atoms. The van der Waals surface area contributed by atoms with Crippen LogP contribution in [0.4, 0.5) is 0 Å². The third-order valence-corrected chi connectivity index (χ3v) is 5.08. The summed E-state index contributed by atoms with van der Waals surface area (Å²) >= 11 is 8.18. The normalized spacial score (nSPS) is 15.7. The Hall–Kier alpha value is -0.860. The highest BCUT2D eigenvalue weighted by Crippen LogP contribution is 2.22. The summed E-state index contributed by atoms with van der Waals surface area (Å²) in [5.74, 6) is -0.697. The second kappa shape index (κ2) is 7.42. The van der Waals surface area contributed by atoms with Crippen molar-refractivity contribution >= 4 is 46.0 Å². The topological polar surface area (TPSA) is 75.4 Å². The number of amides is 2. The van der Waals surface area contributed by atoms with Crippen LogP contribution in [0.15, 0.2) is 18.2 Å². The van der Waals surface area contributed by atoms with Crippen LogP contribution in [0.5, 0.6) is 0 Å². The van der Waals surface area contributed by atoms with E-state index in [1.165, 1.54) is 0 Å². The van der Waals surface area contributed by atoms with Gasteiger partial charge >= 0.3 is 0 Å². The minimum atomic E-state index is -0.501. The maximum Gasteiger partial charge on any atom is 0.254 e. The predicted octanol–water partition coefficient (Wildman–Crippen LogP) is 1.62. The lowest BCUT2D eigenvalue weighted by Gasteiger charge is -2.34. The van der Waals surface area contributed by atoms with Crippen LogP contribution in [-0.4, -0.2) is 42.4 Å². The van der Waals surface area contributed by atoms with Crippen LogP contribution in [0.3, 0.4) is 0 Å². The summed E-state index contributed by atoms with van der Waals surface area (Å²) in [6.07, 6.45) is 1.63. The molecule has 1 aliphatic heterocycles. The van der Waals surface area contributed by atoms with E-state index in [0.29, 0.717) is 10.6 Å². The fraction of sp³-hybridized carbons (Fsp3) is 0.429. The minimum absolute atomic E-state index is 0.0318. The van der Waals surface area contributed by atoms with Crippen molar-refractivity contribution in [3.8, 4) is 0 Å². The van der Waals surface area contributed by atoms with Crippen molar-refractivity contribution in [2.45, 2.75) is 18.9 Å². The summed E-state index contributed by atoms with van der Waals surface area (Å²) < 4.78 is 0.883. The molecule has 0 aromatic heterocycles. The highest BCUT2D eigenvalue weighted by molar-refractivity contribution is 14.1. The highest BCUT2D eigenvalue weighted by Gasteiger charge is 2.27. The smallest absolute Gasteiger partial charge is 0.254 e. The van der Waals surface area contributed by atoms with Gasteiger partial charge in [0.05, 0.1) is 11.6 Å². The van der Waals surface area contributed by atoms with Crippen LogP contribution in [0.2, 0.25) is 5.02 Å². The van der Waals surface area contributed by atoms with Gasteiger partial charge in [0, 0.05) is 15.2 Å². The fourth-order valence-electron chi connectivity index (χ4n) is 2.45. The van der Waals surface area contributed by atoms with Crippen LogP contribution in [0.25, 0.3) is 0 Å². The van der Waals surface area contributed by atoms with Crippen LogP contribution >= 0.6 is 34.2 Å². The Kier molecular flexibility index (Phi) is 5.83. The van der Waals surface area contributed by atoms with E-state index in [-0.39, 0.29) is 18.5 Å². The molecule has 21 heavy (non-hydrogen) atoms.